The molecule has 0 saturated heterocycles. The van der Waals surface area contributed by atoms with Gasteiger partial charge in [0.05, 0.1) is 5.02 Å². The van der Waals surface area contributed by atoms with E-state index in [9.17, 15) is 4.79 Å². The van der Waals surface area contributed by atoms with Crippen LogP contribution >= 0.6 is 39.1 Å². The van der Waals surface area contributed by atoms with Crippen molar-refractivity contribution < 1.29 is 9.53 Å². The van der Waals surface area contributed by atoms with Gasteiger partial charge in [0.15, 0.2) is 12.4 Å². The summed E-state index contributed by atoms with van der Waals surface area (Å²) < 4.78 is 6.31. The standard InChI is InChI=1S/C14H9BrCl2O2/c15-10-3-1-9(2-4-10)13(18)8-19-14-7-11(16)5-6-12(14)17/h1-7H,8H2. The zero-order valence-electron chi connectivity index (χ0n) is 9.70. The van der Waals surface area contributed by atoms with Gasteiger partial charge in [0, 0.05) is 21.1 Å². The Morgan fingerprint density at radius 3 is 2.47 bits per heavy atom. The van der Waals surface area contributed by atoms with E-state index < -0.39 is 0 Å². The summed E-state index contributed by atoms with van der Waals surface area (Å²) in [5.74, 6) is 0.281. The average Bonchev–Trinajstić information content (AvgIpc) is 2.40. The zero-order chi connectivity index (χ0) is 13.8. The van der Waals surface area contributed by atoms with Crippen LogP contribution in [0.15, 0.2) is 46.9 Å². The SMILES string of the molecule is O=C(COc1cc(Cl)ccc1Cl)c1ccc(Br)cc1. The fourth-order valence-corrected chi connectivity index (χ4v) is 2.05. The lowest BCUT2D eigenvalue weighted by Gasteiger charge is -2.07. The summed E-state index contributed by atoms with van der Waals surface area (Å²) in [7, 11) is 0. The molecule has 0 radical (unpaired) electrons. The molecule has 0 aliphatic heterocycles. The van der Waals surface area contributed by atoms with Crippen LogP contribution in [0.2, 0.25) is 10.0 Å². The van der Waals surface area contributed by atoms with Crippen LogP contribution in [0.5, 0.6) is 5.75 Å². The van der Waals surface area contributed by atoms with Gasteiger partial charge in [0.1, 0.15) is 5.75 Å². The van der Waals surface area contributed by atoms with Gasteiger partial charge in [0.2, 0.25) is 0 Å². The molecule has 0 aliphatic carbocycles. The van der Waals surface area contributed by atoms with Crippen LogP contribution in [-0.2, 0) is 0 Å². The first-order chi connectivity index (χ1) is 9.06. The number of ketones is 1. The lowest BCUT2D eigenvalue weighted by atomic mass is 10.1. The Bertz CT molecular complexity index is 597. The van der Waals surface area contributed by atoms with Gasteiger partial charge in [-0.3, -0.25) is 4.79 Å². The number of carbonyl (C=O) groups is 1. The summed E-state index contributed by atoms with van der Waals surface area (Å²) in [6.07, 6.45) is 0. The first-order valence-electron chi connectivity index (χ1n) is 5.43. The van der Waals surface area contributed by atoms with E-state index >= 15 is 0 Å². The van der Waals surface area contributed by atoms with Gasteiger partial charge >= 0.3 is 0 Å². The number of rotatable bonds is 4. The molecule has 0 saturated carbocycles. The van der Waals surface area contributed by atoms with E-state index in [0.29, 0.717) is 21.4 Å². The topological polar surface area (TPSA) is 26.3 Å². The van der Waals surface area contributed by atoms with Gasteiger partial charge in [-0.15, -0.1) is 0 Å². The molecule has 0 spiro atoms. The fourth-order valence-electron chi connectivity index (χ4n) is 1.45. The van der Waals surface area contributed by atoms with E-state index in [1.165, 1.54) is 0 Å². The van der Waals surface area contributed by atoms with Crippen molar-refractivity contribution in [2.75, 3.05) is 6.61 Å². The third kappa shape index (κ3) is 3.96. The van der Waals surface area contributed by atoms with Crippen molar-refractivity contribution in [1.82, 2.24) is 0 Å². The molecule has 2 nitrogen and oxygen atoms in total. The summed E-state index contributed by atoms with van der Waals surface area (Å²) in [6, 6.07) is 11.9. The van der Waals surface area contributed by atoms with Crippen molar-refractivity contribution in [2.24, 2.45) is 0 Å². The van der Waals surface area contributed by atoms with E-state index in [0.717, 1.165) is 4.47 Å². The molecule has 2 aromatic rings. The monoisotopic (exact) mass is 358 g/mol. The first kappa shape index (κ1) is 14.4. The molecule has 0 amide bonds. The quantitative estimate of drug-likeness (QED) is 0.716. The minimum absolute atomic E-state index is 0.0817. The molecule has 0 N–H and O–H groups in total. The lowest BCUT2D eigenvalue weighted by molar-refractivity contribution is 0.0921. The van der Waals surface area contributed by atoms with Crippen molar-refractivity contribution >= 4 is 44.9 Å². The number of ether oxygens (including phenoxy) is 1. The molecule has 0 heterocycles. The summed E-state index contributed by atoms with van der Waals surface area (Å²) in [5, 5.41) is 0.934. The highest BCUT2D eigenvalue weighted by atomic mass is 79.9. The van der Waals surface area contributed by atoms with Crippen LogP contribution in [-0.4, -0.2) is 12.4 Å². The zero-order valence-corrected chi connectivity index (χ0v) is 12.8. The van der Waals surface area contributed by atoms with E-state index in [-0.39, 0.29) is 12.4 Å². The predicted molar refractivity (Wildman–Crippen MR) is 80.4 cm³/mol. The maximum absolute atomic E-state index is 11.9. The second kappa shape index (κ2) is 6.42. The predicted octanol–water partition coefficient (Wildman–Crippen LogP) is 5.02. The molecule has 0 aliphatic rings. The van der Waals surface area contributed by atoms with Gasteiger partial charge in [-0.1, -0.05) is 51.3 Å². The highest BCUT2D eigenvalue weighted by Crippen LogP contribution is 2.27. The number of hydrogen-bond donors (Lipinski definition) is 0. The van der Waals surface area contributed by atoms with Crippen molar-refractivity contribution in [3.8, 4) is 5.75 Å². The lowest BCUT2D eigenvalue weighted by Crippen LogP contribution is -2.11. The van der Waals surface area contributed by atoms with Crippen molar-refractivity contribution in [2.45, 2.75) is 0 Å². The summed E-state index contributed by atoms with van der Waals surface area (Å²) in [4.78, 5) is 11.9. The smallest absolute Gasteiger partial charge is 0.200 e. The number of Topliss-reactive ketones (excluding diaryl/α,β-unsaturated/α-hetero) is 1. The van der Waals surface area contributed by atoms with Gasteiger partial charge in [0.25, 0.3) is 0 Å². The molecule has 98 valence electrons. The Hall–Kier alpha value is -1.03. The molecule has 0 aromatic heterocycles. The summed E-state index contributed by atoms with van der Waals surface area (Å²) >= 11 is 15.1. The van der Waals surface area contributed by atoms with Crippen molar-refractivity contribution in [3.63, 3.8) is 0 Å². The molecule has 0 fully saturated rings. The molecule has 5 heteroatoms. The minimum atomic E-state index is -0.122. The Labute approximate surface area is 129 Å². The normalized spacial score (nSPS) is 10.3. The molecular weight excluding hydrogens is 351 g/mol. The van der Waals surface area contributed by atoms with Crippen LogP contribution in [0.1, 0.15) is 10.4 Å². The van der Waals surface area contributed by atoms with Crippen molar-refractivity contribution in [1.29, 1.82) is 0 Å². The van der Waals surface area contributed by atoms with Gasteiger partial charge in [-0.05, 0) is 24.3 Å². The van der Waals surface area contributed by atoms with Crippen LogP contribution in [0, 0.1) is 0 Å². The van der Waals surface area contributed by atoms with E-state index in [1.807, 2.05) is 0 Å². The number of halogens is 3. The van der Waals surface area contributed by atoms with Crippen LogP contribution in [0.4, 0.5) is 0 Å². The highest BCUT2D eigenvalue weighted by Gasteiger charge is 2.09. The summed E-state index contributed by atoms with van der Waals surface area (Å²) in [5.41, 5.74) is 0.585. The van der Waals surface area contributed by atoms with Gasteiger partial charge < -0.3 is 4.74 Å². The van der Waals surface area contributed by atoms with E-state index in [1.54, 1.807) is 42.5 Å². The van der Waals surface area contributed by atoms with Gasteiger partial charge in [-0.25, -0.2) is 0 Å². The summed E-state index contributed by atoms with van der Waals surface area (Å²) in [6.45, 7) is -0.0817. The maximum Gasteiger partial charge on any atom is 0.200 e. The second-order valence-electron chi connectivity index (χ2n) is 3.79. The van der Waals surface area contributed by atoms with E-state index in [4.69, 9.17) is 27.9 Å². The maximum atomic E-state index is 11.9. The molecular formula is C14H9BrCl2O2. The molecule has 0 atom stereocenters. The number of hydrogen-bond acceptors (Lipinski definition) is 2. The molecule has 19 heavy (non-hydrogen) atoms. The van der Waals surface area contributed by atoms with Crippen LogP contribution < -0.4 is 4.74 Å². The number of benzene rings is 2. The van der Waals surface area contributed by atoms with Crippen molar-refractivity contribution in [3.05, 3.63) is 62.5 Å². The number of carbonyl (C=O) groups excluding carboxylic acids is 1. The Morgan fingerprint density at radius 2 is 1.79 bits per heavy atom. The van der Waals surface area contributed by atoms with E-state index in [2.05, 4.69) is 15.9 Å². The van der Waals surface area contributed by atoms with Crippen LogP contribution in [0.25, 0.3) is 0 Å². The highest BCUT2D eigenvalue weighted by molar-refractivity contribution is 9.10. The third-order valence-corrected chi connectivity index (χ3v) is 3.49. The minimum Gasteiger partial charge on any atom is -0.484 e. The molecule has 2 rings (SSSR count). The Balaban J connectivity index is 2.04. The molecule has 2 aromatic carbocycles. The fraction of sp³-hybridized carbons (Fsp3) is 0.0714. The van der Waals surface area contributed by atoms with Crippen LogP contribution in [0.3, 0.4) is 0 Å². The third-order valence-electron chi connectivity index (χ3n) is 2.42. The Kier molecular flexibility index (Phi) is 4.86. The second-order valence-corrected chi connectivity index (χ2v) is 5.55. The molecule has 0 unspecified atom stereocenters. The largest absolute Gasteiger partial charge is 0.484 e. The van der Waals surface area contributed by atoms with Gasteiger partial charge in [-0.2, -0.15) is 0 Å². The Morgan fingerprint density at radius 1 is 1.11 bits per heavy atom. The first-order valence-corrected chi connectivity index (χ1v) is 6.98. The molecule has 0 bridgehead atoms. The average molecular weight is 360 g/mol.